The number of nitrogens with two attached hydrogens (primary N) is 1. The van der Waals surface area contributed by atoms with E-state index in [2.05, 4.69) is 32.8 Å². The highest BCUT2D eigenvalue weighted by Gasteiger charge is 2.10. The molecule has 0 aromatic carbocycles. The average Bonchev–Trinajstić information content (AvgIpc) is 2.91. The second kappa shape index (κ2) is 8.66. The monoisotopic (exact) mass is 301 g/mol. The van der Waals surface area contributed by atoms with E-state index in [9.17, 15) is 0 Å². The lowest BCUT2D eigenvalue weighted by atomic mass is 10.2. The van der Waals surface area contributed by atoms with Gasteiger partial charge in [0.2, 0.25) is 0 Å². The smallest absolute Gasteiger partial charge is 0.103 e. The van der Waals surface area contributed by atoms with E-state index in [-0.39, 0.29) is 0 Å². The van der Waals surface area contributed by atoms with E-state index in [1.54, 1.807) is 0 Å². The SMILES string of the molecule is Cc1ncc(CN(CCCCCN)Cc2ncccc2C)[nH]1. The standard InChI is InChI=1S/C17H27N5/c1-14-7-6-9-19-17(14)13-22(10-5-3-4-8-18)12-16-11-20-15(2)21-16/h6-7,9,11H,3-5,8,10,12-13,18H2,1-2H3,(H,20,21). The number of nitrogens with one attached hydrogen (secondary N) is 1. The predicted molar refractivity (Wildman–Crippen MR) is 89.3 cm³/mol. The van der Waals surface area contributed by atoms with Gasteiger partial charge in [0.05, 0.1) is 5.69 Å². The number of rotatable bonds is 9. The molecule has 0 spiro atoms. The van der Waals surface area contributed by atoms with Crippen molar-refractivity contribution in [2.75, 3.05) is 13.1 Å². The molecule has 0 saturated heterocycles. The van der Waals surface area contributed by atoms with Crippen molar-refractivity contribution in [3.05, 3.63) is 47.3 Å². The predicted octanol–water partition coefficient (Wildman–Crippen LogP) is 2.55. The molecular formula is C17H27N5. The van der Waals surface area contributed by atoms with Crippen molar-refractivity contribution >= 4 is 0 Å². The second-order valence-corrected chi connectivity index (χ2v) is 5.82. The summed E-state index contributed by atoms with van der Waals surface area (Å²) in [7, 11) is 0. The molecular weight excluding hydrogens is 274 g/mol. The Hall–Kier alpha value is -1.72. The van der Waals surface area contributed by atoms with Crippen LogP contribution in [0, 0.1) is 13.8 Å². The van der Waals surface area contributed by atoms with Gasteiger partial charge >= 0.3 is 0 Å². The fourth-order valence-electron chi connectivity index (χ4n) is 2.56. The first-order chi connectivity index (χ1) is 10.7. The zero-order valence-corrected chi connectivity index (χ0v) is 13.7. The molecule has 2 aromatic heterocycles. The molecule has 3 N–H and O–H groups in total. The van der Waals surface area contributed by atoms with Crippen LogP contribution in [-0.2, 0) is 13.1 Å². The summed E-state index contributed by atoms with van der Waals surface area (Å²) in [4.78, 5) is 14.6. The summed E-state index contributed by atoms with van der Waals surface area (Å²) in [5.41, 5.74) is 9.13. The quantitative estimate of drug-likeness (QED) is 0.698. The second-order valence-electron chi connectivity index (χ2n) is 5.82. The van der Waals surface area contributed by atoms with E-state index in [0.717, 1.165) is 56.2 Å². The van der Waals surface area contributed by atoms with Gasteiger partial charge in [-0.1, -0.05) is 12.5 Å². The first kappa shape index (κ1) is 16.6. The van der Waals surface area contributed by atoms with Crippen LogP contribution >= 0.6 is 0 Å². The van der Waals surface area contributed by atoms with Gasteiger partial charge in [0.1, 0.15) is 5.82 Å². The molecule has 120 valence electrons. The molecule has 0 atom stereocenters. The molecule has 2 heterocycles. The number of H-pyrrole nitrogens is 1. The Kier molecular flexibility index (Phi) is 6.55. The molecule has 0 bridgehead atoms. The van der Waals surface area contributed by atoms with Crippen LogP contribution in [0.4, 0.5) is 0 Å². The Morgan fingerprint density at radius 2 is 2.00 bits per heavy atom. The normalized spacial score (nSPS) is 11.3. The number of aromatic nitrogens is 3. The highest BCUT2D eigenvalue weighted by Crippen LogP contribution is 2.12. The van der Waals surface area contributed by atoms with Gasteiger partial charge in [-0.05, 0) is 51.4 Å². The molecule has 5 heteroatoms. The summed E-state index contributed by atoms with van der Waals surface area (Å²) in [5.74, 6) is 0.965. The number of unbranched alkanes of at least 4 members (excludes halogenated alkanes) is 2. The van der Waals surface area contributed by atoms with Crippen molar-refractivity contribution < 1.29 is 0 Å². The molecule has 0 aliphatic rings. The van der Waals surface area contributed by atoms with E-state index in [1.165, 1.54) is 12.0 Å². The lowest BCUT2D eigenvalue weighted by molar-refractivity contribution is 0.244. The van der Waals surface area contributed by atoms with Crippen LogP contribution < -0.4 is 5.73 Å². The molecule has 0 aliphatic carbocycles. The Labute approximate surface area is 133 Å². The van der Waals surface area contributed by atoms with Crippen molar-refractivity contribution in [1.29, 1.82) is 0 Å². The summed E-state index contributed by atoms with van der Waals surface area (Å²) in [6, 6.07) is 4.11. The number of hydrogen-bond donors (Lipinski definition) is 2. The summed E-state index contributed by atoms with van der Waals surface area (Å²) in [6.45, 7) is 7.67. The number of nitrogens with zero attached hydrogens (tertiary/aromatic N) is 3. The van der Waals surface area contributed by atoms with E-state index < -0.39 is 0 Å². The van der Waals surface area contributed by atoms with Crippen LogP contribution in [0.2, 0.25) is 0 Å². The fourth-order valence-corrected chi connectivity index (χ4v) is 2.56. The minimum atomic E-state index is 0.777. The van der Waals surface area contributed by atoms with Crippen LogP contribution in [-0.4, -0.2) is 32.9 Å². The van der Waals surface area contributed by atoms with Crippen molar-refractivity contribution in [2.45, 2.75) is 46.2 Å². The molecule has 2 rings (SSSR count). The van der Waals surface area contributed by atoms with Crippen molar-refractivity contribution in [3.8, 4) is 0 Å². The Balaban J connectivity index is 1.98. The van der Waals surface area contributed by atoms with E-state index in [0.29, 0.717) is 0 Å². The molecule has 0 saturated carbocycles. The molecule has 5 nitrogen and oxygen atoms in total. The van der Waals surface area contributed by atoms with Crippen molar-refractivity contribution in [3.63, 3.8) is 0 Å². The number of aromatic amines is 1. The van der Waals surface area contributed by atoms with Crippen LogP contribution in [0.15, 0.2) is 24.5 Å². The molecule has 22 heavy (non-hydrogen) atoms. The van der Waals surface area contributed by atoms with Gasteiger partial charge in [-0.2, -0.15) is 0 Å². The Morgan fingerprint density at radius 1 is 1.14 bits per heavy atom. The zero-order chi connectivity index (χ0) is 15.8. The van der Waals surface area contributed by atoms with E-state index in [1.807, 2.05) is 25.4 Å². The maximum absolute atomic E-state index is 5.58. The van der Waals surface area contributed by atoms with Gasteiger partial charge < -0.3 is 10.7 Å². The molecule has 0 amide bonds. The van der Waals surface area contributed by atoms with E-state index >= 15 is 0 Å². The summed E-state index contributed by atoms with van der Waals surface area (Å²) in [5, 5.41) is 0. The van der Waals surface area contributed by atoms with Gasteiger partial charge in [-0.15, -0.1) is 0 Å². The van der Waals surface area contributed by atoms with Crippen LogP contribution in [0.5, 0.6) is 0 Å². The summed E-state index contributed by atoms with van der Waals surface area (Å²) >= 11 is 0. The third-order valence-corrected chi connectivity index (χ3v) is 3.82. The maximum atomic E-state index is 5.58. The summed E-state index contributed by atoms with van der Waals surface area (Å²) < 4.78 is 0. The highest BCUT2D eigenvalue weighted by molar-refractivity contribution is 5.17. The Bertz CT molecular complexity index is 564. The zero-order valence-electron chi connectivity index (χ0n) is 13.7. The molecule has 0 radical (unpaired) electrons. The van der Waals surface area contributed by atoms with Crippen molar-refractivity contribution in [1.82, 2.24) is 19.9 Å². The number of aryl methyl sites for hydroxylation is 2. The number of pyridine rings is 1. The third kappa shape index (κ3) is 5.24. The fraction of sp³-hybridized carbons (Fsp3) is 0.529. The van der Waals surface area contributed by atoms with Gasteiger partial charge in [0.15, 0.2) is 0 Å². The van der Waals surface area contributed by atoms with Crippen LogP contribution in [0.1, 0.15) is 42.0 Å². The largest absolute Gasteiger partial charge is 0.345 e. The summed E-state index contributed by atoms with van der Waals surface area (Å²) in [6.07, 6.45) is 7.23. The van der Waals surface area contributed by atoms with E-state index in [4.69, 9.17) is 5.73 Å². The lowest BCUT2D eigenvalue weighted by Gasteiger charge is -2.22. The average molecular weight is 301 g/mol. The molecule has 0 fully saturated rings. The molecule has 2 aromatic rings. The molecule has 0 aliphatic heterocycles. The first-order valence-corrected chi connectivity index (χ1v) is 8.02. The van der Waals surface area contributed by atoms with Gasteiger partial charge in [0, 0.05) is 31.2 Å². The lowest BCUT2D eigenvalue weighted by Crippen LogP contribution is -2.25. The number of imidazole rings is 1. The third-order valence-electron chi connectivity index (χ3n) is 3.82. The highest BCUT2D eigenvalue weighted by atomic mass is 15.1. The minimum Gasteiger partial charge on any atom is -0.345 e. The van der Waals surface area contributed by atoms with Gasteiger partial charge in [0.25, 0.3) is 0 Å². The first-order valence-electron chi connectivity index (χ1n) is 8.02. The van der Waals surface area contributed by atoms with Gasteiger partial charge in [-0.25, -0.2) is 4.98 Å². The molecule has 0 unspecified atom stereocenters. The van der Waals surface area contributed by atoms with Crippen LogP contribution in [0.25, 0.3) is 0 Å². The van der Waals surface area contributed by atoms with Gasteiger partial charge in [-0.3, -0.25) is 9.88 Å². The van der Waals surface area contributed by atoms with Crippen molar-refractivity contribution in [2.24, 2.45) is 5.73 Å². The number of hydrogen-bond acceptors (Lipinski definition) is 4. The topological polar surface area (TPSA) is 70.8 Å². The Morgan fingerprint density at radius 3 is 2.68 bits per heavy atom. The maximum Gasteiger partial charge on any atom is 0.103 e. The van der Waals surface area contributed by atoms with Crippen LogP contribution in [0.3, 0.4) is 0 Å². The minimum absolute atomic E-state index is 0.777.